The molecule has 2 N–H and O–H groups in total. The van der Waals surface area contributed by atoms with Gasteiger partial charge in [0, 0.05) is 50.2 Å². The summed E-state index contributed by atoms with van der Waals surface area (Å²) in [5, 5.41) is 11.1. The predicted molar refractivity (Wildman–Crippen MR) is 147 cm³/mol. The number of ether oxygens (including phenoxy) is 1. The van der Waals surface area contributed by atoms with Gasteiger partial charge in [0.2, 0.25) is 0 Å². The second-order valence-electron chi connectivity index (χ2n) is 9.49. The number of Topliss-reactive ketones (excluding diaryl/α,β-unsaturated/α-hetero) is 1. The molecule has 0 amide bonds. The Bertz CT molecular complexity index is 1650. The average molecular weight is 522 g/mol. The van der Waals surface area contributed by atoms with Crippen LogP contribution in [0.4, 0.5) is 23.0 Å². The molecule has 1 aliphatic carbocycles. The van der Waals surface area contributed by atoms with E-state index >= 15 is 0 Å². The molecule has 1 aromatic carbocycles. The minimum atomic E-state index is 0.0397. The Kier molecular flexibility index (Phi) is 6.23. The fourth-order valence-electron chi connectivity index (χ4n) is 4.34. The molecule has 4 aromatic heterocycles. The number of anilines is 4. The fraction of sp³-hybridized carbons (Fsp3) is 0.214. The second-order valence-corrected chi connectivity index (χ2v) is 9.49. The third-order valence-corrected chi connectivity index (χ3v) is 6.47. The van der Waals surface area contributed by atoms with E-state index in [0.29, 0.717) is 40.1 Å². The Balaban J connectivity index is 1.31. The van der Waals surface area contributed by atoms with Crippen molar-refractivity contribution in [1.82, 2.24) is 34.3 Å². The van der Waals surface area contributed by atoms with E-state index in [1.165, 1.54) is 0 Å². The predicted octanol–water partition coefficient (Wildman–Crippen LogP) is 4.76. The van der Waals surface area contributed by atoms with Gasteiger partial charge in [0.25, 0.3) is 0 Å². The van der Waals surface area contributed by atoms with Crippen molar-refractivity contribution in [1.29, 1.82) is 0 Å². The van der Waals surface area contributed by atoms with E-state index in [0.717, 1.165) is 29.7 Å². The van der Waals surface area contributed by atoms with Crippen LogP contribution in [0.2, 0.25) is 0 Å². The Labute approximate surface area is 224 Å². The van der Waals surface area contributed by atoms with Crippen molar-refractivity contribution < 1.29 is 9.53 Å². The summed E-state index contributed by atoms with van der Waals surface area (Å²) in [4.78, 5) is 30.9. The fourth-order valence-corrected chi connectivity index (χ4v) is 4.34. The number of nitrogens with zero attached hydrogens (tertiary/aromatic N) is 7. The first-order valence-electron chi connectivity index (χ1n) is 12.5. The molecule has 0 saturated heterocycles. The Morgan fingerprint density at radius 3 is 2.46 bits per heavy atom. The minimum Gasteiger partial charge on any atom is -0.494 e. The highest BCUT2D eigenvalue weighted by Crippen LogP contribution is 2.39. The van der Waals surface area contributed by atoms with Gasteiger partial charge in [-0.1, -0.05) is 6.07 Å². The number of para-hydroxylation sites is 1. The summed E-state index contributed by atoms with van der Waals surface area (Å²) in [5.74, 6) is 2.41. The number of rotatable bonds is 9. The number of ketones is 1. The van der Waals surface area contributed by atoms with Gasteiger partial charge < -0.3 is 19.9 Å². The van der Waals surface area contributed by atoms with Crippen molar-refractivity contribution >= 4 is 28.8 Å². The zero-order chi connectivity index (χ0) is 26.9. The van der Waals surface area contributed by atoms with Crippen LogP contribution in [0.15, 0.2) is 67.6 Å². The summed E-state index contributed by atoms with van der Waals surface area (Å²) in [6, 6.07) is 11.3. The first-order valence-corrected chi connectivity index (χ1v) is 12.5. The summed E-state index contributed by atoms with van der Waals surface area (Å²) in [7, 11) is 5.34. The van der Waals surface area contributed by atoms with Gasteiger partial charge in [-0.05, 0) is 37.1 Å². The topological polar surface area (TPSA) is 125 Å². The van der Waals surface area contributed by atoms with Gasteiger partial charge in [-0.3, -0.25) is 9.48 Å². The maximum absolute atomic E-state index is 13.1. The monoisotopic (exact) mass is 521 g/mol. The van der Waals surface area contributed by atoms with E-state index < -0.39 is 0 Å². The Morgan fingerprint density at radius 1 is 0.949 bits per heavy atom. The zero-order valence-corrected chi connectivity index (χ0v) is 21.8. The van der Waals surface area contributed by atoms with Crippen molar-refractivity contribution in [3.05, 3.63) is 73.2 Å². The van der Waals surface area contributed by atoms with Crippen LogP contribution in [-0.2, 0) is 14.1 Å². The van der Waals surface area contributed by atoms with Gasteiger partial charge in [0.05, 0.1) is 41.6 Å². The molecule has 1 aliphatic rings. The molecular weight excluding hydrogens is 494 g/mol. The number of hydrogen-bond donors (Lipinski definition) is 2. The number of aryl methyl sites for hydroxylation is 2. The van der Waals surface area contributed by atoms with Crippen LogP contribution >= 0.6 is 0 Å². The van der Waals surface area contributed by atoms with Gasteiger partial charge in [0.1, 0.15) is 18.0 Å². The van der Waals surface area contributed by atoms with Gasteiger partial charge in [-0.15, -0.1) is 0 Å². The molecule has 6 rings (SSSR count). The van der Waals surface area contributed by atoms with Crippen LogP contribution in [-0.4, -0.2) is 47.2 Å². The molecule has 11 heteroatoms. The second kappa shape index (κ2) is 10.0. The van der Waals surface area contributed by atoms with E-state index in [1.807, 2.05) is 61.3 Å². The summed E-state index contributed by atoms with van der Waals surface area (Å²) in [6.07, 6.45) is 10.5. The lowest BCUT2D eigenvalue weighted by Crippen LogP contribution is -2.09. The van der Waals surface area contributed by atoms with Gasteiger partial charge in [-0.25, -0.2) is 19.9 Å². The molecule has 4 heterocycles. The SMILES string of the molecule is COc1c(Nc2cc(Nc3ccc(-c4cn(C)cn4)cn3)ncc2C(=O)C2CC2)cccc1-c1ncn(C)n1. The number of aromatic nitrogens is 7. The minimum absolute atomic E-state index is 0.0397. The van der Waals surface area contributed by atoms with Crippen LogP contribution in [0.5, 0.6) is 5.75 Å². The molecule has 5 aromatic rings. The summed E-state index contributed by atoms with van der Waals surface area (Å²) in [5.41, 5.74) is 4.34. The lowest BCUT2D eigenvalue weighted by atomic mass is 10.1. The van der Waals surface area contributed by atoms with Crippen LogP contribution in [0.25, 0.3) is 22.6 Å². The third kappa shape index (κ3) is 5.06. The third-order valence-electron chi connectivity index (χ3n) is 6.47. The maximum Gasteiger partial charge on any atom is 0.184 e. The highest BCUT2D eigenvalue weighted by atomic mass is 16.5. The van der Waals surface area contributed by atoms with Gasteiger partial charge in [0.15, 0.2) is 17.4 Å². The van der Waals surface area contributed by atoms with E-state index in [4.69, 9.17) is 4.74 Å². The van der Waals surface area contributed by atoms with Crippen LogP contribution in [0.1, 0.15) is 23.2 Å². The van der Waals surface area contributed by atoms with Crippen LogP contribution < -0.4 is 15.4 Å². The average Bonchev–Trinajstić information content (AvgIpc) is 3.57. The molecule has 0 aliphatic heterocycles. The molecule has 0 spiro atoms. The van der Waals surface area contributed by atoms with Crippen molar-refractivity contribution in [3.63, 3.8) is 0 Å². The van der Waals surface area contributed by atoms with Crippen molar-refractivity contribution in [2.24, 2.45) is 20.0 Å². The number of pyridine rings is 2. The van der Waals surface area contributed by atoms with Crippen molar-refractivity contribution in [2.75, 3.05) is 17.7 Å². The molecule has 1 fully saturated rings. The normalized spacial score (nSPS) is 12.8. The van der Waals surface area contributed by atoms with E-state index in [1.54, 1.807) is 36.8 Å². The van der Waals surface area contributed by atoms with E-state index in [2.05, 4.69) is 35.7 Å². The van der Waals surface area contributed by atoms with Crippen LogP contribution in [0, 0.1) is 5.92 Å². The highest BCUT2D eigenvalue weighted by molar-refractivity contribution is 6.04. The van der Waals surface area contributed by atoms with E-state index in [-0.39, 0.29) is 11.7 Å². The van der Waals surface area contributed by atoms with Crippen LogP contribution in [0.3, 0.4) is 0 Å². The highest BCUT2D eigenvalue weighted by Gasteiger charge is 2.32. The first kappa shape index (κ1) is 24.3. The molecule has 0 radical (unpaired) electrons. The lowest BCUT2D eigenvalue weighted by Gasteiger charge is -2.17. The Morgan fingerprint density at radius 2 is 1.79 bits per heavy atom. The van der Waals surface area contributed by atoms with Crippen molar-refractivity contribution in [3.8, 4) is 28.4 Å². The molecule has 39 heavy (non-hydrogen) atoms. The van der Waals surface area contributed by atoms with Gasteiger partial charge in [-0.2, -0.15) is 5.10 Å². The number of carbonyl (C=O) groups is 1. The first-order chi connectivity index (χ1) is 19.0. The molecular formula is C28H27N9O2. The molecule has 0 bridgehead atoms. The molecule has 0 atom stereocenters. The standard InChI is InChI=1S/C28H27N9O2/c1-36-14-23(31-15-36)18-9-10-24(29-12-18)34-25-11-22(20(13-30-25)26(38)17-7-8-17)33-21-6-4-5-19(27(21)39-3)28-32-16-37(2)35-28/h4-6,9-17H,7-8H2,1-3H3,(H2,29,30,33,34). The lowest BCUT2D eigenvalue weighted by molar-refractivity contribution is 0.0968. The number of hydrogen-bond acceptors (Lipinski definition) is 9. The largest absolute Gasteiger partial charge is 0.494 e. The number of benzene rings is 1. The number of nitrogens with one attached hydrogen (secondary N) is 2. The van der Waals surface area contributed by atoms with Gasteiger partial charge >= 0.3 is 0 Å². The molecule has 11 nitrogen and oxygen atoms in total. The smallest absolute Gasteiger partial charge is 0.184 e. The van der Waals surface area contributed by atoms with Crippen molar-refractivity contribution in [2.45, 2.75) is 12.8 Å². The number of methoxy groups -OCH3 is 1. The maximum atomic E-state index is 13.1. The summed E-state index contributed by atoms with van der Waals surface area (Å²) >= 11 is 0. The summed E-state index contributed by atoms with van der Waals surface area (Å²) < 4.78 is 9.29. The Hall–Kier alpha value is -5.06. The quantitative estimate of drug-likeness (QED) is 0.264. The van der Waals surface area contributed by atoms with E-state index in [9.17, 15) is 4.79 Å². The zero-order valence-electron chi connectivity index (χ0n) is 21.8. The number of carbonyl (C=O) groups excluding carboxylic acids is 1. The molecule has 1 saturated carbocycles. The number of imidazole rings is 1. The molecule has 0 unspecified atom stereocenters. The molecule has 196 valence electrons. The summed E-state index contributed by atoms with van der Waals surface area (Å²) in [6.45, 7) is 0.